The van der Waals surface area contributed by atoms with Crippen LogP contribution in [0.3, 0.4) is 0 Å². The van der Waals surface area contributed by atoms with Crippen LogP contribution in [-0.4, -0.2) is 41.9 Å². The second-order valence-corrected chi connectivity index (χ2v) is 8.79. The first kappa shape index (κ1) is 20.2. The van der Waals surface area contributed by atoms with E-state index in [9.17, 15) is 0 Å². The zero-order valence-corrected chi connectivity index (χ0v) is 17.7. The Morgan fingerprint density at radius 2 is 1.96 bits per heavy atom. The van der Waals surface area contributed by atoms with Gasteiger partial charge in [-0.1, -0.05) is 51.7 Å². The van der Waals surface area contributed by atoms with Crippen LogP contribution in [0.5, 0.6) is 0 Å². The van der Waals surface area contributed by atoms with Crippen molar-refractivity contribution in [2.24, 2.45) is 23.7 Å². The van der Waals surface area contributed by atoms with Crippen LogP contribution < -0.4 is 0 Å². The normalized spacial score (nSPS) is 31.7. The predicted molar refractivity (Wildman–Crippen MR) is 117 cm³/mol. The molecular formula is C25H39N2+. The minimum absolute atomic E-state index is 0.538. The Bertz CT molecular complexity index is 637. The lowest BCUT2D eigenvalue weighted by atomic mass is 9.78. The molecule has 0 aromatic heterocycles. The number of rotatable bonds is 6. The molecule has 2 nitrogen and oxygen atoms in total. The van der Waals surface area contributed by atoms with Gasteiger partial charge in [-0.3, -0.25) is 0 Å². The van der Waals surface area contributed by atoms with Gasteiger partial charge in [0.1, 0.15) is 6.54 Å². The summed E-state index contributed by atoms with van der Waals surface area (Å²) < 4.78 is 2.50. The Hall–Kier alpha value is -1.57. The third kappa shape index (κ3) is 5.03. The van der Waals surface area contributed by atoms with Crippen LogP contribution in [0.2, 0.25) is 0 Å². The molecule has 1 aliphatic heterocycles. The summed E-state index contributed by atoms with van der Waals surface area (Å²) in [5.41, 5.74) is 2.85. The van der Waals surface area contributed by atoms with E-state index in [4.69, 9.17) is 0 Å². The van der Waals surface area contributed by atoms with Crippen LogP contribution in [0.25, 0.3) is 0 Å². The average molecular weight is 368 g/mol. The van der Waals surface area contributed by atoms with Crippen LogP contribution in [0.15, 0.2) is 48.2 Å². The number of hydrogen-bond acceptors (Lipinski definition) is 1. The zero-order valence-electron chi connectivity index (χ0n) is 17.7. The Labute approximate surface area is 167 Å². The molecule has 2 aliphatic carbocycles. The number of nitrogens with zero attached hydrogens (tertiary/aromatic N) is 2. The summed E-state index contributed by atoms with van der Waals surface area (Å²) in [5.74, 6) is 2.46. The molecule has 3 rings (SSSR count). The molecule has 0 saturated carbocycles. The maximum absolute atomic E-state index is 4.55. The van der Waals surface area contributed by atoms with E-state index >= 15 is 0 Å². The molecule has 3 aliphatic rings. The first-order chi connectivity index (χ1) is 13.1. The van der Waals surface area contributed by atoms with Gasteiger partial charge in [-0.15, -0.1) is 0 Å². The highest BCUT2D eigenvalue weighted by Gasteiger charge is 2.29. The molecule has 148 valence electrons. The largest absolute Gasteiger partial charge is 0.358 e. The van der Waals surface area contributed by atoms with E-state index in [1.165, 1.54) is 49.9 Å². The fraction of sp³-hybridized carbons (Fsp3) is 0.640. The van der Waals surface area contributed by atoms with Gasteiger partial charge in [-0.2, -0.15) is 0 Å². The molecule has 0 fully saturated rings. The standard InChI is InChI=1S/C25H39N2/c1-5-14-26-15-17-27(18-16-26)25(24-13-9-7-11-21(24)3)19-22(4)23-12-8-6-10-20(23)2/h6,9-10,13,15,19-21,23-24H,4-5,7-8,11-12,14,16-18H2,1-3H3/q+1. The summed E-state index contributed by atoms with van der Waals surface area (Å²) in [7, 11) is 0. The summed E-state index contributed by atoms with van der Waals surface area (Å²) in [6, 6.07) is 0. The van der Waals surface area contributed by atoms with Gasteiger partial charge in [-0.25, -0.2) is 4.58 Å². The smallest absolute Gasteiger partial charge is 0.159 e. The molecule has 4 atom stereocenters. The van der Waals surface area contributed by atoms with Crippen LogP contribution in [0.1, 0.15) is 52.9 Å². The van der Waals surface area contributed by atoms with Crippen molar-refractivity contribution in [2.45, 2.75) is 52.9 Å². The minimum Gasteiger partial charge on any atom is -0.358 e. The summed E-state index contributed by atoms with van der Waals surface area (Å²) in [5, 5.41) is 0. The molecule has 27 heavy (non-hydrogen) atoms. The van der Waals surface area contributed by atoms with Crippen LogP contribution in [-0.2, 0) is 0 Å². The van der Waals surface area contributed by atoms with Crippen molar-refractivity contribution in [1.82, 2.24) is 4.90 Å². The van der Waals surface area contributed by atoms with Crippen molar-refractivity contribution in [1.29, 1.82) is 0 Å². The molecule has 4 unspecified atom stereocenters. The molecule has 0 radical (unpaired) electrons. The first-order valence-corrected chi connectivity index (χ1v) is 11.2. The molecule has 0 amide bonds. The second kappa shape index (κ2) is 9.57. The van der Waals surface area contributed by atoms with Crippen LogP contribution in [0.4, 0.5) is 0 Å². The van der Waals surface area contributed by atoms with E-state index in [-0.39, 0.29) is 0 Å². The lowest BCUT2D eigenvalue weighted by molar-refractivity contribution is -0.528. The highest BCUT2D eigenvalue weighted by atomic mass is 15.2. The van der Waals surface area contributed by atoms with Gasteiger partial charge >= 0.3 is 0 Å². The highest BCUT2D eigenvalue weighted by molar-refractivity contribution is 5.55. The van der Waals surface area contributed by atoms with Crippen molar-refractivity contribution in [3.63, 3.8) is 0 Å². The quantitative estimate of drug-likeness (QED) is 0.344. The molecule has 1 heterocycles. The van der Waals surface area contributed by atoms with Gasteiger partial charge < -0.3 is 4.90 Å². The predicted octanol–water partition coefficient (Wildman–Crippen LogP) is 5.44. The molecule has 0 saturated heterocycles. The summed E-state index contributed by atoms with van der Waals surface area (Å²) in [6.45, 7) is 16.1. The fourth-order valence-corrected chi connectivity index (χ4v) is 4.93. The van der Waals surface area contributed by atoms with Crippen molar-refractivity contribution >= 4 is 6.21 Å². The van der Waals surface area contributed by atoms with E-state index in [2.05, 4.69) is 73.4 Å². The van der Waals surface area contributed by atoms with Gasteiger partial charge in [0.05, 0.1) is 13.1 Å². The van der Waals surface area contributed by atoms with Crippen LogP contribution >= 0.6 is 0 Å². The first-order valence-electron chi connectivity index (χ1n) is 11.2. The summed E-state index contributed by atoms with van der Waals surface area (Å²) in [6.07, 6.45) is 20.7. The molecule has 0 aromatic rings. The Kier molecular flexibility index (Phi) is 7.15. The van der Waals surface area contributed by atoms with Crippen LogP contribution in [0, 0.1) is 23.7 Å². The topological polar surface area (TPSA) is 6.25 Å². The summed E-state index contributed by atoms with van der Waals surface area (Å²) >= 11 is 0. The fourth-order valence-electron chi connectivity index (χ4n) is 4.93. The van der Waals surface area contributed by atoms with Crippen molar-refractivity contribution in [3.8, 4) is 0 Å². The molecule has 0 bridgehead atoms. The van der Waals surface area contributed by atoms with Gasteiger partial charge in [0.2, 0.25) is 0 Å². The third-order valence-corrected chi connectivity index (χ3v) is 6.71. The lowest BCUT2D eigenvalue weighted by Crippen LogP contribution is -2.41. The highest BCUT2D eigenvalue weighted by Crippen LogP contribution is 2.36. The van der Waals surface area contributed by atoms with Gasteiger partial charge in [-0.05, 0) is 55.1 Å². The second-order valence-electron chi connectivity index (χ2n) is 8.79. The number of allylic oxidation sites excluding steroid dienone is 6. The monoisotopic (exact) mass is 367 g/mol. The van der Waals surface area contributed by atoms with E-state index in [1.807, 2.05) is 0 Å². The Morgan fingerprint density at radius 3 is 2.63 bits per heavy atom. The zero-order chi connectivity index (χ0) is 19.2. The van der Waals surface area contributed by atoms with E-state index in [0.29, 0.717) is 23.7 Å². The third-order valence-electron chi connectivity index (χ3n) is 6.71. The van der Waals surface area contributed by atoms with E-state index in [1.54, 1.807) is 0 Å². The van der Waals surface area contributed by atoms with Crippen molar-refractivity contribution in [2.75, 3.05) is 26.2 Å². The molecule has 0 aromatic carbocycles. The molecule has 0 spiro atoms. The number of hydrogen-bond donors (Lipinski definition) is 0. The van der Waals surface area contributed by atoms with Gasteiger partial charge in [0, 0.05) is 18.0 Å². The molecule has 2 heteroatoms. The van der Waals surface area contributed by atoms with Crippen molar-refractivity contribution in [3.05, 3.63) is 48.2 Å². The average Bonchev–Trinajstić information content (AvgIpc) is 2.68. The lowest BCUT2D eigenvalue weighted by Gasteiger charge is -2.36. The minimum atomic E-state index is 0.538. The maximum atomic E-state index is 4.55. The molecular weight excluding hydrogens is 328 g/mol. The van der Waals surface area contributed by atoms with Crippen molar-refractivity contribution < 1.29 is 4.58 Å². The Morgan fingerprint density at radius 1 is 1.19 bits per heavy atom. The van der Waals surface area contributed by atoms with Gasteiger partial charge in [0.25, 0.3) is 0 Å². The molecule has 0 N–H and O–H groups in total. The van der Waals surface area contributed by atoms with Gasteiger partial charge in [0.15, 0.2) is 12.8 Å². The SMILES string of the molecule is C=C(C=C(C1C=CCCC1C)N1CC=[N+](CCC)CC1)C1CCC=CC1C. The Balaban J connectivity index is 1.84. The maximum Gasteiger partial charge on any atom is 0.159 e. The van der Waals surface area contributed by atoms with E-state index in [0.717, 1.165) is 19.6 Å². The van der Waals surface area contributed by atoms with E-state index < -0.39 is 0 Å². The summed E-state index contributed by atoms with van der Waals surface area (Å²) in [4.78, 5) is 2.62.